The van der Waals surface area contributed by atoms with E-state index in [-0.39, 0.29) is 11.8 Å². The Labute approximate surface area is 153 Å². The molecule has 1 aromatic carbocycles. The lowest BCUT2D eigenvalue weighted by Gasteiger charge is -2.18. The molecule has 0 radical (unpaired) electrons. The molecule has 1 unspecified atom stereocenters. The fourth-order valence-corrected chi connectivity index (χ4v) is 3.82. The zero-order chi connectivity index (χ0) is 18.7. The van der Waals surface area contributed by atoms with Crippen molar-refractivity contribution in [1.82, 2.24) is 14.5 Å². The van der Waals surface area contributed by atoms with Crippen molar-refractivity contribution >= 4 is 32.0 Å². The number of aromatic nitrogens is 3. The van der Waals surface area contributed by atoms with Crippen LogP contribution in [-0.2, 0) is 21.4 Å². The lowest BCUT2D eigenvalue weighted by Crippen LogP contribution is -2.18. The maximum absolute atomic E-state index is 11.2. The van der Waals surface area contributed by atoms with Gasteiger partial charge in [-0.25, -0.2) is 18.5 Å². The van der Waals surface area contributed by atoms with Gasteiger partial charge < -0.3 is 9.30 Å². The molecule has 0 bridgehead atoms. The number of nitrogens with two attached hydrogens (primary N) is 1. The number of para-hydroxylation sites is 1. The summed E-state index contributed by atoms with van der Waals surface area (Å²) in [4.78, 5) is 9.20. The summed E-state index contributed by atoms with van der Waals surface area (Å²) in [6.07, 6.45) is 2.95. The number of rotatable bonds is 8. The summed E-state index contributed by atoms with van der Waals surface area (Å²) in [6, 6.07) is 8.00. The smallest absolute Gasteiger partial charge is 0.209 e. The van der Waals surface area contributed by atoms with Crippen molar-refractivity contribution in [3.63, 3.8) is 0 Å². The first kappa shape index (κ1) is 18.8. The Bertz CT molecular complexity index is 1010. The molecule has 0 amide bonds. The van der Waals surface area contributed by atoms with E-state index >= 15 is 0 Å². The number of sulfonamides is 1. The number of ether oxygens (including phenoxy) is 1. The second-order valence-corrected chi connectivity index (χ2v) is 8.14. The molecule has 0 aliphatic carbocycles. The molecular formula is C18H24N4O3S. The summed E-state index contributed by atoms with van der Waals surface area (Å²) in [5.74, 6) is 0.802. The van der Waals surface area contributed by atoms with Crippen molar-refractivity contribution in [2.24, 2.45) is 5.14 Å². The number of pyridine rings is 1. The third kappa shape index (κ3) is 4.03. The van der Waals surface area contributed by atoms with Crippen molar-refractivity contribution in [2.45, 2.75) is 39.3 Å². The van der Waals surface area contributed by atoms with E-state index in [9.17, 15) is 8.42 Å². The molecule has 26 heavy (non-hydrogen) atoms. The normalized spacial score (nSPS) is 13.5. The molecule has 1 atom stereocenters. The monoisotopic (exact) mass is 376 g/mol. The van der Waals surface area contributed by atoms with E-state index in [0.717, 1.165) is 27.8 Å². The van der Waals surface area contributed by atoms with Crippen LogP contribution in [0.25, 0.3) is 21.9 Å². The highest BCUT2D eigenvalue weighted by atomic mass is 32.2. The molecule has 0 aliphatic rings. The summed E-state index contributed by atoms with van der Waals surface area (Å²) in [5, 5.41) is 6.15. The van der Waals surface area contributed by atoms with Gasteiger partial charge in [-0.05, 0) is 32.8 Å². The van der Waals surface area contributed by atoms with Gasteiger partial charge in [0.05, 0.1) is 23.0 Å². The van der Waals surface area contributed by atoms with Gasteiger partial charge in [0.25, 0.3) is 0 Å². The average molecular weight is 376 g/mol. The van der Waals surface area contributed by atoms with Crippen molar-refractivity contribution in [3.05, 3.63) is 36.3 Å². The molecule has 0 fully saturated rings. The van der Waals surface area contributed by atoms with Gasteiger partial charge in [-0.1, -0.05) is 18.2 Å². The first-order valence-corrected chi connectivity index (χ1v) is 10.4. The Morgan fingerprint density at radius 3 is 2.77 bits per heavy atom. The van der Waals surface area contributed by atoms with Crippen LogP contribution in [0, 0.1) is 0 Å². The summed E-state index contributed by atoms with van der Waals surface area (Å²) in [6.45, 7) is 5.01. The molecule has 140 valence electrons. The quantitative estimate of drug-likeness (QED) is 0.651. The van der Waals surface area contributed by atoms with Crippen molar-refractivity contribution in [2.75, 3.05) is 12.4 Å². The van der Waals surface area contributed by atoms with Gasteiger partial charge in [0, 0.05) is 18.0 Å². The van der Waals surface area contributed by atoms with Crippen LogP contribution in [0.4, 0.5) is 0 Å². The average Bonchev–Trinajstić information content (AvgIpc) is 2.97. The van der Waals surface area contributed by atoms with Gasteiger partial charge in [-0.2, -0.15) is 0 Å². The van der Waals surface area contributed by atoms with Crippen LogP contribution in [0.3, 0.4) is 0 Å². The Hall–Kier alpha value is -2.03. The van der Waals surface area contributed by atoms with Gasteiger partial charge >= 0.3 is 0 Å². The fourth-order valence-electron chi connectivity index (χ4n) is 3.25. The van der Waals surface area contributed by atoms with Crippen LogP contribution in [-0.4, -0.2) is 35.3 Å². The minimum atomic E-state index is -3.45. The second-order valence-electron chi connectivity index (χ2n) is 6.40. The predicted molar refractivity (Wildman–Crippen MR) is 102 cm³/mol. The molecule has 2 aromatic heterocycles. The maximum Gasteiger partial charge on any atom is 0.209 e. The Morgan fingerprint density at radius 1 is 1.27 bits per heavy atom. The minimum Gasteiger partial charge on any atom is -0.374 e. The van der Waals surface area contributed by atoms with Gasteiger partial charge in [0.2, 0.25) is 10.0 Å². The Morgan fingerprint density at radius 2 is 2.04 bits per heavy atom. The van der Waals surface area contributed by atoms with E-state index in [4.69, 9.17) is 14.9 Å². The second kappa shape index (κ2) is 7.69. The van der Waals surface area contributed by atoms with E-state index in [1.54, 1.807) is 6.20 Å². The molecule has 0 spiro atoms. The number of hydrogen-bond acceptors (Lipinski definition) is 5. The van der Waals surface area contributed by atoms with E-state index < -0.39 is 10.0 Å². The lowest BCUT2D eigenvalue weighted by atomic mass is 10.1. The Balaban J connectivity index is 2.05. The molecular weight excluding hydrogens is 352 g/mol. The van der Waals surface area contributed by atoms with Crippen LogP contribution in [0.5, 0.6) is 0 Å². The molecule has 0 saturated carbocycles. The van der Waals surface area contributed by atoms with Crippen LogP contribution in [0.15, 0.2) is 30.5 Å². The number of fused-ring (bicyclic) bond motifs is 3. The molecule has 0 saturated heterocycles. The highest BCUT2D eigenvalue weighted by molar-refractivity contribution is 7.89. The summed E-state index contributed by atoms with van der Waals surface area (Å²) < 4.78 is 30.2. The van der Waals surface area contributed by atoms with Gasteiger partial charge in [-0.15, -0.1) is 0 Å². The van der Waals surface area contributed by atoms with Gasteiger partial charge in [-0.3, -0.25) is 4.98 Å². The minimum absolute atomic E-state index is 0.0208. The number of nitrogens with zero attached hydrogens (tertiary/aromatic N) is 3. The van der Waals surface area contributed by atoms with Gasteiger partial charge in [0.15, 0.2) is 0 Å². The van der Waals surface area contributed by atoms with Crippen molar-refractivity contribution in [1.29, 1.82) is 0 Å². The maximum atomic E-state index is 11.2. The summed E-state index contributed by atoms with van der Waals surface area (Å²) in [5.41, 5.74) is 2.73. The molecule has 2 N–H and O–H groups in total. The molecule has 3 aromatic rings. The SMILES string of the molecule is CCOCc1nc2cnc3ccccc3c2n1C(C)CCCS(N)(=O)=O. The predicted octanol–water partition coefficient (Wildman–Crippen LogP) is 2.75. The first-order chi connectivity index (χ1) is 12.4. The van der Waals surface area contributed by atoms with E-state index in [0.29, 0.717) is 26.1 Å². The Kier molecular flexibility index (Phi) is 5.55. The highest BCUT2D eigenvalue weighted by Crippen LogP contribution is 2.29. The van der Waals surface area contributed by atoms with E-state index in [1.807, 2.05) is 31.2 Å². The first-order valence-electron chi connectivity index (χ1n) is 8.73. The lowest BCUT2D eigenvalue weighted by molar-refractivity contribution is 0.124. The summed E-state index contributed by atoms with van der Waals surface area (Å²) >= 11 is 0. The third-order valence-corrected chi connectivity index (χ3v) is 5.28. The van der Waals surface area contributed by atoms with Crippen LogP contribution in [0.1, 0.15) is 38.6 Å². The molecule has 2 heterocycles. The summed E-state index contributed by atoms with van der Waals surface area (Å²) in [7, 11) is -3.45. The molecule has 8 heteroatoms. The third-order valence-electron chi connectivity index (χ3n) is 4.42. The standard InChI is InChI=1S/C18H24N4O3S/c1-3-25-12-17-21-16-11-20-15-9-5-4-8-14(15)18(16)22(17)13(2)7-6-10-26(19,23)24/h4-5,8-9,11,13H,3,6-7,10,12H2,1-2H3,(H2,19,23,24). The number of imidazole rings is 1. The van der Waals surface area contributed by atoms with E-state index in [1.165, 1.54) is 0 Å². The van der Waals surface area contributed by atoms with Crippen molar-refractivity contribution < 1.29 is 13.2 Å². The van der Waals surface area contributed by atoms with Crippen LogP contribution >= 0.6 is 0 Å². The molecule has 7 nitrogen and oxygen atoms in total. The van der Waals surface area contributed by atoms with E-state index in [2.05, 4.69) is 16.5 Å². The molecule has 3 rings (SSSR count). The highest BCUT2D eigenvalue weighted by Gasteiger charge is 2.19. The van der Waals surface area contributed by atoms with Crippen molar-refractivity contribution in [3.8, 4) is 0 Å². The fraction of sp³-hybridized carbons (Fsp3) is 0.444. The topological polar surface area (TPSA) is 100 Å². The molecule has 0 aliphatic heterocycles. The zero-order valence-electron chi connectivity index (χ0n) is 15.1. The van der Waals surface area contributed by atoms with Gasteiger partial charge in [0.1, 0.15) is 17.9 Å². The number of hydrogen-bond donors (Lipinski definition) is 1. The zero-order valence-corrected chi connectivity index (χ0v) is 15.9. The number of primary sulfonamides is 1. The largest absolute Gasteiger partial charge is 0.374 e. The number of benzene rings is 1. The van der Waals surface area contributed by atoms with Crippen LogP contribution < -0.4 is 5.14 Å². The van der Waals surface area contributed by atoms with Crippen LogP contribution in [0.2, 0.25) is 0 Å².